The van der Waals surface area contributed by atoms with E-state index in [0.717, 1.165) is 12.8 Å². The third-order valence-corrected chi connectivity index (χ3v) is 4.40. The molecule has 0 radical (unpaired) electrons. The second-order valence-electron chi connectivity index (χ2n) is 5.05. The molecule has 0 saturated heterocycles. The highest BCUT2D eigenvalue weighted by molar-refractivity contribution is 7.89. The molecule has 1 fully saturated rings. The predicted molar refractivity (Wildman–Crippen MR) is 68.3 cm³/mol. The fourth-order valence-electron chi connectivity index (χ4n) is 1.99. The first-order valence-electron chi connectivity index (χ1n) is 6.30. The molecule has 0 aliphatic heterocycles. The van der Waals surface area contributed by atoms with Gasteiger partial charge in [-0.3, -0.25) is 0 Å². The van der Waals surface area contributed by atoms with Crippen LogP contribution in [-0.4, -0.2) is 44.0 Å². The van der Waals surface area contributed by atoms with Gasteiger partial charge in [0.2, 0.25) is 10.0 Å². The second kappa shape index (κ2) is 6.68. The van der Waals surface area contributed by atoms with E-state index in [1.54, 1.807) is 0 Å². The largest absolute Gasteiger partial charge is 0.393 e. The van der Waals surface area contributed by atoms with E-state index in [1.165, 1.54) is 0 Å². The zero-order valence-electron chi connectivity index (χ0n) is 10.6. The molecule has 0 atom stereocenters. The summed E-state index contributed by atoms with van der Waals surface area (Å²) in [5.74, 6) is 0.115. The number of rotatable bonds is 6. The van der Waals surface area contributed by atoms with Gasteiger partial charge in [0.05, 0.1) is 11.9 Å². The Morgan fingerprint density at radius 1 is 1.24 bits per heavy atom. The van der Waals surface area contributed by atoms with Gasteiger partial charge in [-0.1, -0.05) is 13.8 Å². The molecule has 1 saturated carbocycles. The van der Waals surface area contributed by atoms with Crippen LogP contribution in [0.4, 0.5) is 0 Å². The molecule has 0 bridgehead atoms. The Kier molecular flexibility index (Phi) is 5.85. The molecule has 0 amide bonds. The van der Waals surface area contributed by atoms with Crippen molar-refractivity contribution < 1.29 is 13.5 Å². The van der Waals surface area contributed by atoms with Crippen molar-refractivity contribution in [2.45, 2.75) is 57.7 Å². The minimum absolute atomic E-state index is 0.00227. The standard InChI is InChI=1S/C11H24N2O3S/c1-9(2)12-7-8-17(15,16)13-10-3-5-11(14)6-4-10/h9-14H,3-8H2,1-2H3. The van der Waals surface area contributed by atoms with Gasteiger partial charge in [0.15, 0.2) is 0 Å². The molecular weight excluding hydrogens is 240 g/mol. The van der Waals surface area contributed by atoms with E-state index in [0.29, 0.717) is 25.4 Å². The van der Waals surface area contributed by atoms with Crippen LogP contribution in [0.5, 0.6) is 0 Å². The summed E-state index contributed by atoms with van der Waals surface area (Å²) in [4.78, 5) is 0. The SMILES string of the molecule is CC(C)NCCS(=O)(=O)NC1CCC(O)CC1. The molecule has 1 aliphatic rings. The number of nitrogens with one attached hydrogen (secondary N) is 2. The highest BCUT2D eigenvalue weighted by Crippen LogP contribution is 2.18. The van der Waals surface area contributed by atoms with Gasteiger partial charge in [-0.15, -0.1) is 0 Å². The number of sulfonamides is 1. The maximum absolute atomic E-state index is 11.7. The van der Waals surface area contributed by atoms with E-state index in [9.17, 15) is 13.5 Å². The lowest BCUT2D eigenvalue weighted by atomic mass is 9.94. The highest BCUT2D eigenvalue weighted by atomic mass is 32.2. The molecule has 102 valence electrons. The first kappa shape index (κ1) is 14.9. The Labute approximate surface area is 104 Å². The summed E-state index contributed by atoms with van der Waals surface area (Å²) in [7, 11) is -3.19. The summed E-state index contributed by atoms with van der Waals surface area (Å²) in [5, 5.41) is 12.4. The highest BCUT2D eigenvalue weighted by Gasteiger charge is 2.23. The van der Waals surface area contributed by atoms with E-state index in [-0.39, 0.29) is 17.9 Å². The van der Waals surface area contributed by atoms with Crippen molar-refractivity contribution in [1.29, 1.82) is 0 Å². The van der Waals surface area contributed by atoms with Crippen LogP contribution in [0.2, 0.25) is 0 Å². The molecule has 0 heterocycles. The Balaban J connectivity index is 2.28. The van der Waals surface area contributed by atoms with E-state index in [2.05, 4.69) is 10.0 Å². The smallest absolute Gasteiger partial charge is 0.213 e. The molecule has 0 spiro atoms. The molecule has 5 nitrogen and oxygen atoms in total. The summed E-state index contributed by atoms with van der Waals surface area (Å²) in [6, 6.07) is 0.303. The summed E-state index contributed by atoms with van der Waals surface area (Å²) in [5.41, 5.74) is 0. The van der Waals surface area contributed by atoms with Crippen LogP contribution in [0.3, 0.4) is 0 Å². The lowest BCUT2D eigenvalue weighted by Crippen LogP contribution is -2.41. The van der Waals surface area contributed by atoms with Crippen molar-refractivity contribution >= 4 is 10.0 Å². The average molecular weight is 264 g/mol. The van der Waals surface area contributed by atoms with E-state index >= 15 is 0 Å². The molecule has 0 aromatic carbocycles. The third-order valence-electron chi connectivity index (χ3n) is 2.97. The van der Waals surface area contributed by atoms with Gasteiger partial charge in [0, 0.05) is 18.6 Å². The van der Waals surface area contributed by atoms with E-state index < -0.39 is 10.0 Å². The van der Waals surface area contributed by atoms with Gasteiger partial charge in [-0.25, -0.2) is 13.1 Å². The van der Waals surface area contributed by atoms with Gasteiger partial charge in [-0.2, -0.15) is 0 Å². The van der Waals surface area contributed by atoms with Crippen molar-refractivity contribution in [2.24, 2.45) is 0 Å². The number of aliphatic hydroxyl groups excluding tert-OH is 1. The minimum atomic E-state index is -3.19. The van der Waals surface area contributed by atoms with Crippen LogP contribution in [0.15, 0.2) is 0 Å². The monoisotopic (exact) mass is 264 g/mol. The van der Waals surface area contributed by atoms with Gasteiger partial charge >= 0.3 is 0 Å². The quantitative estimate of drug-likeness (QED) is 0.641. The maximum Gasteiger partial charge on any atom is 0.213 e. The Bertz CT molecular complexity index is 309. The van der Waals surface area contributed by atoms with Crippen molar-refractivity contribution in [2.75, 3.05) is 12.3 Å². The predicted octanol–water partition coefficient (Wildman–Crippen LogP) is 0.207. The van der Waals surface area contributed by atoms with Gasteiger partial charge in [-0.05, 0) is 25.7 Å². The van der Waals surface area contributed by atoms with Crippen LogP contribution in [0.1, 0.15) is 39.5 Å². The molecule has 3 N–H and O–H groups in total. The summed E-state index contributed by atoms with van der Waals surface area (Å²) >= 11 is 0. The fraction of sp³-hybridized carbons (Fsp3) is 1.00. The minimum Gasteiger partial charge on any atom is -0.393 e. The zero-order chi connectivity index (χ0) is 12.9. The molecule has 1 aliphatic carbocycles. The van der Waals surface area contributed by atoms with E-state index in [4.69, 9.17) is 0 Å². The molecule has 6 heteroatoms. The van der Waals surface area contributed by atoms with Gasteiger partial charge in [0.25, 0.3) is 0 Å². The lowest BCUT2D eigenvalue weighted by Gasteiger charge is -2.26. The van der Waals surface area contributed by atoms with E-state index in [1.807, 2.05) is 13.8 Å². The summed E-state index contributed by atoms with van der Waals surface area (Å²) in [6.07, 6.45) is 2.60. The van der Waals surface area contributed by atoms with Crippen molar-refractivity contribution in [3.8, 4) is 0 Å². The van der Waals surface area contributed by atoms with Gasteiger partial charge < -0.3 is 10.4 Å². The van der Waals surface area contributed by atoms with Crippen molar-refractivity contribution in [1.82, 2.24) is 10.0 Å². The van der Waals surface area contributed by atoms with Crippen molar-refractivity contribution in [3.05, 3.63) is 0 Å². The van der Waals surface area contributed by atoms with Crippen LogP contribution in [-0.2, 0) is 10.0 Å². The Morgan fingerprint density at radius 3 is 2.35 bits per heavy atom. The van der Waals surface area contributed by atoms with Crippen LogP contribution >= 0.6 is 0 Å². The zero-order valence-corrected chi connectivity index (χ0v) is 11.5. The summed E-state index contributed by atoms with van der Waals surface area (Å²) < 4.78 is 26.2. The third kappa shape index (κ3) is 6.35. The molecule has 0 aromatic rings. The maximum atomic E-state index is 11.7. The van der Waals surface area contributed by atoms with Crippen LogP contribution in [0, 0.1) is 0 Å². The summed E-state index contributed by atoms with van der Waals surface area (Å²) in [6.45, 7) is 4.45. The van der Waals surface area contributed by atoms with Crippen LogP contribution in [0.25, 0.3) is 0 Å². The molecule has 0 aromatic heterocycles. The average Bonchev–Trinajstić information content (AvgIpc) is 2.20. The molecular formula is C11H24N2O3S. The lowest BCUT2D eigenvalue weighted by molar-refractivity contribution is 0.120. The van der Waals surface area contributed by atoms with Gasteiger partial charge in [0.1, 0.15) is 0 Å². The molecule has 1 rings (SSSR count). The molecule has 17 heavy (non-hydrogen) atoms. The first-order valence-corrected chi connectivity index (χ1v) is 7.96. The number of aliphatic hydroxyl groups is 1. The Hall–Kier alpha value is -0.170. The number of hydrogen-bond donors (Lipinski definition) is 3. The number of hydrogen-bond acceptors (Lipinski definition) is 4. The van der Waals surface area contributed by atoms with Crippen LogP contribution < -0.4 is 10.0 Å². The second-order valence-corrected chi connectivity index (χ2v) is 6.92. The molecule has 0 unspecified atom stereocenters. The Morgan fingerprint density at radius 2 is 1.82 bits per heavy atom. The van der Waals surface area contributed by atoms with Crippen molar-refractivity contribution in [3.63, 3.8) is 0 Å². The fourth-order valence-corrected chi connectivity index (χ4v) is 3.24. The topological polar surface area (TPSA) is 78.4 Å². The first-order chi connectivity index (χ1) is 7.89. The normalized spacial score (nSPS) is 26.4.